The van der Waals surface area contributed by atoms with Gasteiger partial charge in [0.25, 0.3) is 0 Å². The van der Waals surface area contributed by atoms with Crippen LogP contribution in [0.5, 0.6) is 0 Å². The summed E-state index contributed by atoms with van der Waals surface area (Å²) in [5, 5.41) is 22.8. The molecule has 1 fully saturated rings. The van der Waals surface area contributed by atoms with Gasteiger partial charge in [-0.25, -0.2) is 4.79 Å². The molecule has 3 unspecified atom stereocenters. The summed E-state index contributed by atoms with van der Waals surface area (Å²) in [6, 6.07) is -3.11. The predicted molar refractivity (Wildman–Crippen MR) is 91.8 cm³/mol. The van der Waals surface area contributed by atoms with Gasteiger partial charge in [0, 0.05) is 6.54 Å². The lowest BCUT2D eigenvalue weighted by molar-refractivity contribution is -0.143. The quantitative estimate of drug-likeness (QED) is 0.313. The number of aliphatic carboxylic acids is 1. The van der Waals surface area contributed by atoms with Gasteiger partial charge < -0.3 is 31.5 Å². The van der Waals surface area contributed by atoms with Gasteiger partial charge >= 0.3 is 5.97 Å². The van der Waals surface area contributed by atoms with Crippen LogP contribution in [0.4, 0.5) is 0 Å². The maximum Gasteiger partial charge on any atom is 0.328 e. The summed E-state index contributed by atoms with van der Waals surface area (Å²) in [6.45, 7) is 3.18. The van der Waals surface area contributed by atoms with Crippen LogP contribution in [0.25, 0.3) is 0 Å². The minimum atomic E-state index is -1.45. The Morgan fingerprint density at radius 1 is 1.19 bits per heavy atom. The third kappa shape index (κ3) is 5.95. The Bertz CT molecular complexity index is 539. The van der Waals surface area contributed by atoms with Crippen LogP contribution >= 0.6 is 0 Å². The highest BCUT2D eigenvalue weighted by atomic mass is 16.4. The largest absolute Gasteiger partial charge is 0.480 e. The summed E-state index contributed by atoms with van der Waals surface area (Å²) in [6.07, 6.45) is 1.42. The molecule has 148 valence electrons. The van der Waals surface area contributed by atoms with Crippen LogP contribution in [0.1, 0.15) is 33.1 Å². The van der Waals surface area contributed by atoms with E-state index in [1.165, 1.54) is 4.90 Å². The highest BCUT2D eigenvalue weighted by Gasteiger charge is 2.36. The number of carboxylic acids is 1. The first-order chi connectivity index (χ1) is 12.2. The molecule has 6 N–H and O–H groups in total. The fraction of sp³-hybridized carbons (Fsp3) is 0.750. The third-order valence-electron chi connectivity index (χ3n) is 4.19. The molecule has 1 aliphatic heterocycles. The number of likely N-dealkylation sites (tertiary alicyclic amines) is 1. The first-order valence-corrected chi connectivity index (χ1v) is 8.65. The topological polar surface area (TPSA) is 162 Å². The number of carboxylic acid groups (broad SMARTS) is 1. The molecular weight excluding hydrogens is 344 g/mol. The van der Waals surface area contributed by atoms with Crippen molar-refractivity contribution in [3.05, 3.63) is 0 Å². The summed E-state index contributed by atoms with van der Waals surface area (Å²) in [5.41, 5.74) is 5.36. The standard InChI is InChI=1S/C16H28N4O6/c1-9(2)6-10(14(23)19-11(8-21)16(25)26)18-15(24)12-4-3-5-20(12)13(22)7-17/h9-12,21H,3-8,17H2,1-2H3,(H,18,24)(H,19,23)(H,25,26). The summed E-state index contributed by atoms with van der Waals surface area (Å²) < 4.78 is 0. The molecule has 10 heteroatoms. The molecule has 0 aromatic carbocycles. The molecule has 10 nitrogen and oxygen atoms in total. The first-order valence-electron chi connectivity index (χ1n) is 8.65. The van der Waals surface area contributed by atoms with Crippen molar-refractivity contribution in [2.45, 2.75) is 51.2 Å². The first kappa shape index (κ1) is 21.8. The Balaban J connectivity index is 2.83. The number of rotatable bonds is 9. The summed E-state index contributed by atoms with van der Waals surface area (Å²) in [4.78, 5) is 49.1. The Morgan fingerprint density at radius 2 is 1.85 bits per heavy atom. The van der Waals surface area contributed by atoms with Gasteiger partial charge in [0.1, 0.15) is 18.1 Å². The molecule has 3 atom stereocenters. The predicted octanol–water partition coefficient (Wildman–Crippen LogP) is -1.97. The highest BCUT2D eigenvalue weighted by Crippen LogP contribution is 2.18. The van der Waals surface area contributed by atoms with Crippen molar-refractivity contribution in [1.29, 1.82) is 0 Å². The second kappa shape index (κ2) is 10.1. The molecule has 0 spiro atoms. The average molecular weight is 372 g/mol. The molecule has 0 bridgehead atoms. The summed E-state index contributed by atoms with van der Waals surface area (Å²) in [5.74, 6) is -2.82. The Hall–Kier alpha value is -2.20. The van der Waals surface area contributed by atoms with Crippen molar-refractivity contribution in [1.82, 2.24) is 15.5 Å². The molecule has 0 aromatic heterocycles. The molecule has 0 aromatic rings. The zero-order valence-corrected chi connectivity index (χ0v) is 15.1. The van der Waals surface area contributed by atoms with E-state index in [-0.39, 0.29) is 24.8 Å². The molecule has 1 aliphatic rings. The SMILES string of the molecule is CC(C)CC(NC(=O)C1CCCN1C(=O)CN)C(=O)NC(CO)C(=O)O. The molecule has 1 saturated heterocycles. The van der Waals surface area contributed by atoms with Crippen LogP contribution in [0, 0.1) is 5.92 Å². The van der Waals surface area contributed by atoms with E-state index >= 15 is 0 Å². The molecule has 26 heavy (non-hydrogen) atoms. The van der Waals surface area contributed by atoms with Crippen molar-refractivity contribution in [2.75, 3.05) is 19.7 Å². The minimum absolute atomic E-state index is 0.0498. The number of nitrogens with two attached hydrogens (primary N) is 1. The van der Waals surface area contributed by atoms with Gasteiger partial charge in [0.2, 0.25) is 17.7 Å². The Morgan fingerprint density at radius 3 is 2.35 bits per heavy atom. The van der Waals surface area contributed by atoms with E-state index in [1.54, 1.807) is 0 Å². The number of carbonyl (C=O) groups excluding carboxylic acids is 3. The maximum absolute atomic E-state index is 12.6. The number of nitrogens with zero attached hydrogens (tertiary/aromatic N) is 1. The van der Waals surface area contributed by atoms with E-state index in [0.29, 0.717) is 19.4 Å². The second-order valence-electron chi connectivity index (χ2n) is 6.72. The van der Waals surface area contributed by atoms with Crippen LogP contribution < -0.4 is 16.4 Å². The second-order valence-corrected chi connectivity index (χ2v) is 6.72. The Labute approximate surface area is 152 Å². The summed E-state index contributed by atoms with van der Waals surface area (Å²) >= 11 is 0. The van der Waals surface area contributed by atoms with Gasteiger partial charge in [-0.3, -0.25) is 14.4 Å². The fourth-order valence-electron chi connectivity index (χ4n) is 2.88. The van der Waals surface area contributed by atoms with Gasteiger partial charge in [-0.1, -0.05) is 13.8 Å². The van der Waals surface area contributed by atoms with E-state index in [1.807, 2.05) is 13.8 Å². The van der Waals surface area contributed by atoms with E-state index < -0.39 is 42.5 Å². The van der Waals surface area contributed by atoms with Crippen molar-refractivity contribution < 1.29 is 29.4 Å². The van der Waals surface area contributed by atoms with Gasteiger partial charge in [-0.15, -0.1) is 0 Å². The van der Waals surface area contributed by atoms with Crippen molar-refractivity contribution in [2.24, 2.45) is 11.7 Å². The maximum atomic E-state index is 12.6. The molecule has 0 aliphatic carbocycles. The molecule has 0 saturated carbocycles. The van der Waals surface area contributed by atoms with E-state index in [9.17, 15) is 19.2 Å². The van der Waals surface area contributed by atoms with Crippen LogP contribution in [0.2, 0.25) is 0 Å². The molecule has 0 radical (unpaired) electrons. The smallest absolute Gasteiger partial charge is 0.328 e. The molecular formula is C16H28N4O6. The zero-order chi connectivity index (χ0) is 19.9. The third-order valence-corrected chi connectivity index (χ3v) is 4.19. The van der Waals surface area contributed by atoms with Crippen molar-refractivity contribution in [3.63, 3.8) is 0 Å². The number of nitrogens with one attached hydrogen (secondary N) is 2. The van der Waals surface area contributed by atoms with E-state index in [2.05, 4.69) is 10.6 Å². The number of carbonyl (C=O) groups is 4. The van der Waals surface area contributed by atoms with Crippen LogP contribution in [-0.4, -0.2) is 76.6 Å². The highest BCUT2D eigenvalue weighted by molar-refractivity contribution is 5.93. The molecule has 1 heterocycles. The van der Waals surface area contributed by atoms with Crippen molar-refractivity contribution >= 4 is 23.7 Å². The number of aliphatic hydroxyl groups is 1. The fourth-order valence-corrected chi connectivity index (χ4v) is 2.88. The zero-order valence-electron chi connectivity index (χ0n) is 15.1. The number of amides is 3. The lowest BCUT2D eigenvalue weighted by Crippen LogP contribution is -2.56. The molecule has 3 amide bonds. The van der Waals surface area contributed by atoms with Gasteiger partial charge in [-0.05, 0) is 25.2 Å². The number of hydrogen-bond donors (Lipinski definition) is 5. The van der Waals surface area contributed by atoms with E-state index in [4.69, 9.17) is 15.9 Å². The van der Waals surface area contributed by atoms with E-state index in [0.717, 1.165) is 0 Å². The lowest BCUT2D eigenvalue weighted by Gasteiger charge is -2.27. The lowest BCUT2D eigenvalue weighted by atomic mass is 10.0. The normalized spacial score (nSPS) is 19.1. The van der Waals surface area contributed by atoms with Crippen molar-refractivity contribution in [3.8, 4) is 0 Å². The van der Waals surface area contributed by atoms with Crippen LogP contribution in [0.3, 0.4) is 0 Å². The Kier molecular flexibility index (Phi) is 8.46. The summed E-state index contributed by atoms with van der Waals surface area (Å²) in [7, 11) is 0. The monoisotopic (exact) mass is 372 g/mol. The number of hydrogen-bond acceptors (Lipinski definition) is 6. The average Bonchev–Trinajstić information content (AvgIpc) is 3.07. The number of aliphatic hydroxyl groups excluding tert-OH is 1. The van der Waals surface area contributed by atoms with Crippen LogP contribution in [0.15, 0.2) is 0 Å². The van der Waals surface area contributed by atoms with Crippen LogP contribution in [-0.2, 0) is 19.2 Å². The van der Waals surface area contributed by atoms with Gasteiger partial charge in [-0.2, -0.15) is 0 Å². The van der Waals surface area contributed by atoms with Gasteiger partial charge in [0.15, 0.2) is 0 Å². The molecule has 1 rings (SSSR count). The van der Waals surface area contributed by atoms with Gasteiger partial charge in [0.05, 0.1) is 13.2 Å². The minimum Gasteiger partial charge on any atom is -0.480 e.